The van der Waals surface area contributed by atoms with Crippen molar-refractivity contribution in [3.05, 3.63) is 503 Å². The second kappa shape index (κ2) is 26.0. The van der Waals surface area contributed by atoms with Crippen LogP contribution < -0.4 is 9.80 Å². The van der Waals surface area contributed by atoms with Crippen LogP contribution in [-0.4, -0.2) is 0 Å². The maximum Gasteiger partial charge on any atom is 0.0726 e. The molecule has 0 aliphatic heterocycles. The summed E-state index contributed by atoms with van der Waals surface area (Å²) in [5.41, 5.74) is 39.3. The van der Waals surface area contributed by atoms with Gasteiger partial charge in [-0.2, -0.15) is 0 Å². The second-order valence-electron chi connectivity index (χ2n) is 31.0. The minimum atomic E-state index is -0.641. The number of benzene rings is 18. The number of nitrogens with zero attached hydrogens (tertiary/aromatic N) is 2. The molecule has 18 aromatic carbocycles. The first-order valence-corrected chi connectivity index (χ1v) is 39.5. The summed E-state index contributed by atoms with van der Waals surface area (Å²) in [6, 6.07) is 160. The van der Waals surface area contributed by atoms with Crippen molar-refractivity contribution in [1.82, 2.24) is 0 Å². The zero-order valence-corrected chi connectivity index (χ0v) is 62.8. The van der Waals surface area contributed by atoms with Gasteiger partial charge in [0.15, 0.2) is 0 Å². The molecule has 1 spiro atoms. The molecule has 0 N–H and O–H groups in total. The quantitative estimate of drug-likeness (QED) is 0.114. The van der Waals surface area contributed by atoms with Gasteiger partial charge in [0.05, 0.1) is 21.9 Å². The van der Waals surface area contributed by atoms with Gasteiger partial charge in [-0.05, 0) is 230 Å². The van der Waals surface area contributed by atoms with Crippen molar-refractivity contribution in [2.24, 2.45) is 0 Å². The molecule has 2 heteroatoms. The number of hydrogen-bond donors (Lipinski definition) is 0. The Balaban J connectivity index is 0.747. The van der Waals surface area contributed by atoms with E-state index < -0.39 is 16.2 Å². The van der Waals surface area contributed by atoms with E-state index in [1.807, 2.05) is 0 Å². The summed E-state index contributed by atoms with van der Waals surface area (Å²) in [6.45, 7) is 4.47. The van der Waals surface area contributed by atoms with Crippen molar-refractivity contribution in [1.29, 1.82) is 0 Å². The smallest absolute Gasteiger partial charge is 0.0726 e. The lowest BCUT2D eigenvalue weighted by atomic mass is 9.67. The molecule has 0 bridgehead atoms. The van der Waals surface area contributed by atoms with Crippen molar-refractivity contribution in [2.75, 3.05) is 9.80 Å². The van der Waals surface area contributed by atoms with E-state index in [1.54, 1.807) is 0 Å². The molecule has 0 heterocycles. The Hall–Kier alpha value is -14.2. The average Bonchev–Trinajstić information content (AvgIpc) is 1.50. The van der Waals surface area contributed by atoms with Gasteiger partial charge in [-0.1, -0.05) is 369 Å². The van der Waals surface area contributed by atoms with E-state index in [-0.39, 0.29) is 0 Å². The molecule has 0 amide bonds. The predicted molar refractivity (Wildman–Crippen MR) is 470 cm³/mol. The standard InChI is InChI=1S/C111H76N2/c1-73-50-63-93-95-66-61-86(71-105(95)109(103(93)68-73,79-32-10-4-11-33-79)80-34-12-5-13-35-80)112(87-62-67-96-94-64-51-74(2)69-104(94)110(106(96)72-87,81-36-14-6-15-37-81)82-38-16-7-17-39-82)85-60-65-90(98(70-85)76-28-8-3-9-29-76)78-54-58-84(59-55-78)113(83-56-52-77(53-57-83)89-44-26-31-75-30-18-19-40-88(75)89)107-49-27-48-102-108(107)97-43-22-25-47-101(97)111(102)99-45-23-20-41-91(99)92-42-21-24-46-100(92)111/h3-72H,1-2H3. The zero-order chi connectivity index (χ0) is 74.9. The van der Waals surface area contributed by atoms with E-state index in [0.29, 0.717) is 0 Å². The highest BCUT2D eigenvalue weighted by atomic mass is 15.2. The first-order valence-electron chi connectivity index (χ1n) is 39.5. The number of rotatable bonds is 13. The Morgan fingerprint density at radius 2 is 0.522 bits per heavy atom. The molecule has 0 radical (unpaired) electrons. The van der Waals surface area contributed by atoms with Crippen LogP contribution in [0.1, 0.15) is 77.9 Å². The van der Waals surface area contributed by atoms with Crippen LogP contribution in [0.25, 0.3) is 88.7 Å². The number of aryl methyl sites for hydroxylation is 2. The zero-order valence-electron chi connectivity index (χ0n) is 62.8. The molecule has 0 saturated heterocycles. The lowest BCUT2D eigenvalue weighted by molar-refractivity contribution is 0.766. The molecule has 530 valence electrons. The van der Waals surface area contributed by atoms with Crippen molar-refractivity contribution < 1.29 is 0 Å². The van der Waals surface area contributed by atoms with Gasteiger partial charge in [0.1, 0.15) is 0 Å². The van der Waals surface area contributed by atoms with Crippen molar-refractivity contribution in [3.8, 4) is 77.9 Å². The van der Waals surface area contributed by atoms with Crippen LogP contribution in [0.15, 0.2) is 425 Å². The van der Waals surface area contributed by atoms with E-state index >= 15 is 0 Å². The van der Waals surface area contributed by atoms with Gasteiger partial charge in [-0.15, -0.1) is 0 Å². The third-order valence-corrected chi connectivity index (χ3v) is 25.1. The van der Waals surface area contributed by atoms with Gasteiger partial charge in [0.2, 0.25) is 0 Å². The third-order valence-electron chi connectivity index (χ3n) is 25.1. The van der Waals surface area contributed by atoms with Crippen LogP contribution in [0, 0.1) is 13.8 Å². The van der Waals surface area contributed by atoms with Crippen LogP contribution in [0.3, 0.4) is 0 Å². The van der Waals surface area contributed by atoms with Crippen LogP contribution in [0.2, 0.25) is 0 Å². The summed E-state index contributed by atoms with van der Waals surface area (Å²) in [4.78, 5) is 5.06. The predicted octanol–water partition coefficient (Wildman–Crippen LogP) is 28.5. The summed E-state index contributed by atoms with van der Waals surface area (Å²) in [6.07, 6.45) is 0. The maximum absolute atomic E-state index is 2.55. The lowest BCUT2D eigenvalue weighted by Crippen LogP contribution is -2.29. The second-order valence-corrected chi connectivity index (χ2v) is 31.0. The Morgan fingerprint density at radius 1 is 0.186 bits per heavy atom. The Bertz CT molecular complexity index is 6480. The summed E-state index contributed by atoms with van der Waals surface area (Å²) in [7, 11) is 0. The fraction of sp³-hybridized carbons (Fsp3) is 0.0450. The van der Waals surface area contributed by atoms with Gasteiger partial charge >= 0.3 is 0 Å². The van der Waals surface area contributed by atoms with Gasteiger partial charge in [0.25, 0.3) is 0 Å². The van der Waals surface area contributed by atoms with Crippen LogP contribution in [0.4, 0.5) is 34.1 Å². The Kier molecular flexibility index (Phi) is 15.2. The molecule has 0 saturated carbocycles. The first kappa shape index (κ1) is 65.9. The minimum absolute atomic E-state index is 0.514. The Morgan fingerprint density at radius 3 is 1.03 bits per heavy atom. The monoisotopic (exact) mass is 1440 g/mol. The lowest BCUT2D eigenvalue weighted by Gasteiger charge is -2.36. The molecule has 0 aromatic heterocycles. The fourth-order valence-corrected chi connectivity index (χ4v) is 20.5. The van der Waals surface area contributed by atoms with E-state index in [4.69, 9.17) is 0 Å². The minimum Gasteiger partial charge on any atom is -0.310 e. The van der Waals surface area contributed by atoms with Crippen molar-refractivity contribution in [3.63, 3.8) is 0 Å². The molecule has 0 fully saturated rings. The molecule has 4 aliphatic carbocycles. The third kappa shape index (κ3) is 9.79. The highest BCUT2D eigenvalue weighted by Gasteiger charge is 2.53. The molecule has 18 aromatic rings. The number of fused-ring (bicyclic) bond motifs is 17. The summed E-state index contributed by atoms with van der Waals surface area (Å²) < 4.78 is 0. The first-order chi connectivity index (χ1) is 55.9. The highest BCUT2D eigenvalue weighted by Crippen LogP contribution is 2.66. The number of hydrogen-bond acceptors (Lipinski definition) is 2. The average molecular weight is 1440 g/mol. The highest BCUT2D eigenvalue weighted by molar-refractivity contribution is 6.03. The van der Waals surface area contributed by atoms with Crippen LogP contribution in [0.5, 0.6) is 0 Å². The topological polar surface area (TPSA) is 6.48 Å². The van der Waals surface area contributed by atoms with Gasteiger partial charge < -0.3 is 9.80 Å². The van der Waals surface area contributed by atoms with Crippen LogP contribution in [-0.2, 0) is 16.2 Å². The maximum atomic E-state index is 2.55. The molecule has 22 rings (SSSR count). The van der Waals surface area contributed by atoms with E-state index in [2.05, 4.69) is 448 Å². The summed E-state index contributed by atoms with van der Waals surface area (Å²) in [5.74, 6) is 0. The largest absolute Gasteiger partial charge is 0.310 e. The molecule has 0 atom stereocenters. The van der Waals surface area contributed by atoms with E-state index in [9.17, 15) is 0 Å². The normalized spacial score (nSPS) is 13.6. The van der Waals surface area contributed by atoms with Crippen molar-refractivity contribution in [2.45, 2.75) is 30.1 Å². The molecular weight excluding hydrogens is 1360 g/mol. The molecule has 2 nitrogen and oxygen atoms in total. The molecule has 4 aliphatic rings. The van der Waals surface area contributed by atoms with E-state index in [0.717, 1.165) is 56.4 Å². The van der Waals surface area contributed by atoms with E-state index in [1.165, 1.54) is 144 Å². The van der Waals surface area contributed by atoms with Crippen LogP contribution >= 0.6 is 0 Å². The molecule has 0 unspecified atom stereocenters. The SMILES string of the molecule is Cc1ccc2c(c1)C(c1ccccc1)(c1ccccc1)c1cc(N(c3ccc(-c4ccc(N(c5ccc(-c6cccc7ccccc67)cc5)c5cccc6c5-c5ccccc5C65c6ccccc6-c6ccccc65)cc4)c(-c4ccccc4)c3)c3ccc4c(c3)C(c3ccccc3)(c3ccccc3)c3cc(C)ccc3-4)ccc1-2. The Labute approximate surface area is 660 Å². The molecular formula is C111H76N2. The summed E-state index contributed by atoms with van der Waals surface area (Å²) in [5, 5.41) is 2.47. The number of anilines is 6. The van der Waals surface area contributed by atoms with Gasteiger partial charge in [-0.3, -0.25) is 0 Å². The van der Waals surface area contributed by atoms with Crippen molar-refractivity contribution >= 4 is 44.9 Å². The fourth-order valence-electron chi connectivity index (χ4n) is 20.5. The summed E-state index contributed by atoms with van der Waals surface area (Å²) >= 11 is 0. The van der Waals surface area contributed by atoms with Gasteiger partial charge in [-0.25, -0.2) is 0 Å². The molecule has 113 heavy (non-hydrogen) atoms. The van der Waals surface area contributed by atoms with Gasteiger partial charge in [0, 0.05) is 34.0 Å².